The quantitative estimate of drug-likeness (QED) is 0.657. The van der Waals surface area contributed by atoms with Gasteiger partial charge in [0, 0.05) is 20.5 Å². The lowest BCUT2D eigenvalue weighted by molar-refractivity contribution is 0.112. The summed E-state index contributed by atoms with van der Waals surface area (Å²) >= 11 is 7.72. The zero-order valence-electron chi connectivity index (χ0n) is 7.00. The Morgan fingerprint density at radius 3 is 2.92 bits per heavy atom. The van der Waals surface area contributed by atoms with Gasteiger partial charge in [-0.3, -0.25) is 4.79 Å². The molecule has 13 heavy (non-hydrogen) atoms. The molecule has 0 aliphatic heterocycles. The van der Waals surface area contributed by atoms with Gasteiger partial charge in [0.1, 0.15) is 6.29 Å². The van der Waals surface area contributed by atoms with E-state index in [0.29, 0.717) is 5.56 Å². The highest BCUT2D eigenvalue weighted by Crippen LogP contribution is 2.34. The molecule has 0 aliphatic carbocycles. The highest BCUT2D eigenvalue weighted by molar-refractivity contribution is 7.19. The first kappa shape index (κ1) is 8.73. The third kappa shape index (κ3) is 1.36. The Kier molecular flexibility index (Phi) is 2.10. The summed E-state index contributed by atoms with van der Waals surface area (Å²) in [6, 6.07) is 5.57. The Morgan fingerprint density at radius 1 is 1.46 bits per heavy atom. The second-order valence-electron chi connectivity index (χ2n) is 2.85. The molecule has 0 saturated carbocycles. The van der Waals surface area contributed by atoms with Crippen molar-refractivity contribution in [1.82, 2.24) is 0 Å². The summed E-state index contributed by atoms with van der Waals surface area (Å²) in [5, 5.41) is 1.75. The number of benzene rings is 1. The molecule has 0 amide bonds. The zero-order chi connectivity index (χ0) is 9.42. The normalized spacial score (nSPS) is 10.6. The first-order chi connectivity index (χ1) is 6.22. The van der Waals surface area contributed by atoms with Crippen LogP contribution in [0.15, 0.2) is 18.2 Å². The first-order valence-corrected chi connectivity index (χ1v) is 5.05. The third-order valence-corrected chi connectivity index (χ3v) is 3.63. The van der Waals surface area contributed by atoms with Gasteiger partial charge in [-0.2, -0.15) is 0 Å². The predicted octanol–water partition coefficient (Wildman–Crippen LogP) is 3.68. The maximum Gasteiger partial charge on any atom is 0.150 e. The fourth-order valence-electron chi connectivity index (χ4n) is 1.28. The van der Waals surface area contributed by atoms with Gasteiger partial charge in [0.25, 0.3) is 0 Å². The molecular formula is C10H7ClOS. The molecule has 0 spiro atoms. The van der Waals surface area contributed by atoms with E-state index in [0.717, 1.165) is 26.3 Å². The number of carbonyl (C=O) groups is 1. The van der Waals surface area contributed by atoms with Crippen LogP contribution < -0.4 is 0 Å². The number of hydrogen-bond donors (Lipinski definition) is 0. The Morgan fingerprint density at radius 2 is 2.23 bits per heavy atom. The van der Waals surface area contributed by atoms with Gasteiger partial charge < -0.3 is 0 Å². The van der Waals surface area contributed by atoms with Crippen LogP contribution in [0.2, 0.25) is 5.02 Å². The van der Waals surface area contributed by atoms with Gasteiger partial charge in [-0.1, -0.05) is 17.7 Å². The molecule has 1 nitrogen and oxygen atoms in total. The van der Waals surface area contributed by atoms with Crippen molar-refractivity contribution in [3.63, 3.8) is 0 Å². The Bertz CT molecular complexity index is 473. The Balaban J connectivity index is 2.81. The largest absolute Gasteiger partial charge is 0.298 e. The summed E-state index contributed by atoms with van der Waals surface area (Å²) < 4.78 is 1.13. The molecule has 0 unspecified atom stereocenters. The highest BCUT2D eigenvalue weighted by Gasteiger charge is 2.06. The first-order valence-electron chi connectivity index (χ1n) is 3.86. The van der Waals surface area contributed by atoms with Crippen LogP contribution in [0.5, 0.6) is 0 Å². The molecule has 2 rings (SSSR count). The summed E-state index contributed by atoms with van der Waals surface area (Å²) in [7, 11) is 0. The molecule has 0 aliphatic rings. The van der Waals surface area contributed by atoms with Crippen molar-refractivity contribution in [1.29, 1.82) is 0 Å². The van der Waals surface area contributed by atoms with Crippen LogP contribution in [0, 0.1) is 6.92 Å². The second-order valence-corrected chi connectivity index (χ2v) is 4.48. The van der Waals surface area contributed by atoms with Crippen LogP contribution >= 0.6 is 22.9 Å². The molecule has 3 heteroatoms. The fourth-order valence-corrected chi connectivity index (χ4v) is 2.55. The van der Waals surface area contributed by atoms with Gasteiger partial charge in [0.2, 0.25) is 0 Å². The molecule has 0 saturated heterocycles. The van der Waals surface area contributed by atoms with Gasteiger partial charge in [-0.25, -0.2) is 0 Å². The average molecular weight is 211 g/mol. The maximum absolute atomic E-state index is 10.5. The van der Waals surface area contributed by atoms with E-state index in [1.807, 2.05) is 25.1 Å². The molecule has 0 radical (unpaired) electrons. The predicted molar refractivity (Wildman–Crippen MR) is 57.0 cm³/mol. The maximum atomic E-state index is 10.5. The monoisotopic (exact) mass is 210 g/mol. The van der Waals surface area contributed by atoms with Gasteiger partial charge in [-0.05, 0) is 19.1 Å². The van der Waals surface area contributed by atoms with E-state index in [1.165, 1.54) is 0 Å². The van der Waals surface area contributed by atoms with E-state index in [2.05, 4.69) is 0 Å². The minimum Gasteiger partial charge on any atom is -0.298 e. The lowest BCUT2D eigenvalue weighted by atomic mass is 10.2. The number of aryl methyl sites for hydroxylation is 1. The lowest BCUT2D eigenvalue weighted by Gasteiger charge is -1.91. The number of carbonyl (C=O) groups excluding carboxylic acids is 1. The van der Waals surface area contributed by atoms with Gasteiger partial charge >= 0.3 is 0 Å². The number of hydrogen-bond acceptors (Lipinski definition) is 2. The summed E-state index contributed by atoms with van der Waals surface area (Å²) in [6.45, 7) is 1.98. The van der Waals surface area contributed by atoms with E-state index in [-0.39, 0.29) is 0 Å². The highest BCUT2D eigenvalue weighted by atomic mass is 35.5. The van der Waals surface area contributed by atoms with Gasteiger partial charge in [0.05, 0.1) is 5.02 Å². The van der Waals surface area contributed by atoms with Crippen molar-refractivity contribution in [2.45, 2.75) is 6.92 Å². The minimum atomic E-state index is 0.673. The SMILES string of the molecule is Cc1sc2ccc(C=O)cc2c1Cl. The second kappa shape index (κ2) is 3.13. The van der Waals surface area contributed by atoms with E-state index >= 15 is 0 Å². The summed E-state index contributed by atoms with van der Waals surface area (Å²) in [4.78, 5) is 11.6. The van der Waals surface area contributed by atoms with Gasteiger partial charge in [-0.15, -0.1) is 11.3 Å². The van der Waals surface area contributed by atoms with Crippen LogP contribution in [0.1, 0.15) is 15.2 Å². The molecule has 0 N–H and O–H groups in total. The number of rotatable bonds is 1. The molecule has 0 bridgehead atoms. The number of halogens is 1. The number of thiophene rings is 1. The van der Waals surface area contributed by atoms with Crippen molar-refractivity contribution in [3.8, 4) is 0 Å². The van der Waals surface area contributed by atoms with E-state index in [9.17, 15) is 4.79 Å². The summed E-state index contributed by atoms with van der Waals surface area (Å²) in [5.41, 5.74) is 0.673. The number of fused-ring (bicyclic) bond motifs is 1. The summed E-state index contributed by atoms with van der Waals surface area (Å²) in [5.74, 6) is 0. The van der Waals surface area contributed by atoms with Crippen LogP contribution in [-0.4, -0.2) is 6.29 Å². The topological polar surface area (TPSA) is 17.1 Å². The smallest absolute Gasteiger partial charge is 0.150 e. The van der Waals surface area contributed by atoms with Crippen LogP contribution in [0.4, 0.5) is 0 Å². The van der Waals surface area contributed by atoms with Crippen LogP contribution in [-0.2, 0) is 0 Å². The van der Waals surface area contributed by atoms with Crippen molar-refractivity contribution >= 4 is 39.3 Å². The average Bonchev–Trinajstić information content (AvgIpc) is 2.43. The minimum absolute atomic E-state index is 0.673. The van der Waals surface area contributed by atoms with Crippen LogP contribution in [0.3, 0.4) is 0 Å². The summed E-state index contributed by atoms with van der Waals surface area (Å²) in [6.07, 6.45) is 0.836. The van der Waals surface area contributed by atoms with E-state index in [4.69, 9.17) is 11.6 Å². The molecule has 2 aromatic rings. The van der Waals surface area contributed by atoms with Crippen molar-refractivity contribution in [2.75, 3.05) is 0 Å². The molecule has 66 valence electrons. The fraction of sp³-hybridized carbons (Fsp3) is 0.100. The van der Waals surface area contributed by atoms with Gasteiger partial charge in [0.15, 0.2) is 0 Å². The van der Waals surface area contributed by atoms with Crippen molar-refractivity contribution in [3.05, 3.63) is 33.7 Å². The van der Waals surface area contributed by atoms with Crippen LogP contribution in [0.25, 0.3) is 10.1 Å². The molecular weight excluding hydrogens is 204 g/mol. The van der Waals surface area contributed by atoms with E-state index < -0.39 is 0 Å². The Labute approximate surface area is 84.9 Å². The zero-order valence-corrected chi connectivity index (χ0v) is 8.58. The number of aldehydes is 1. The van der Waals surface area contributed by atoms with Crippen molar-refractivity contribution in [2.24, 2.45) is 0 Å². The molecule has 0 atom stereocenters. The van der Waals surface area contributed by atoms with E-state index in [1.54, 1.807) is 11.3 Å². The molecule has 0 fully saturated rings. The van der Waals surface area contributed by atoms with Crippen molar-refractivity contribution < 1.29 is 4.79 Å². The lowest BCUT2D eigenvalue weighted by Crippen LogP contribution is -1.76. The Hall–Kier alpha value is -0.860. The molecule has 1 aromatic carbocycles. The molecule has 1 aromatic heterocycles. The standard InChI is InChI=1S/C10H7ClOS/c1-6-10(11)8-4-7(5-12)2-3-9(8)13-6/h2-5H,1H3. The molecule has 1 heterocycles. The third-order valence-electron chi connectivity index (χ3n) is 1.95.